The van der Waals surface area contributed by atoms with Crippen LogP contribution >= 0.6 is 0 Å². The van der Waals surface area contributed by atoms with Gasteiger partial charge in [0.1, 0.15) is 0 Å². The van der Waals surface area contributed by atoms with Crippen LogP contribution in [0.25, 0.3) is 0 Å². The van der Waals surface area contributed by atoms with Gasteiger partial charge in [0.25, 0.3) is 0 Å². The van der Waals surface area contributed by atoms with Crippen molar-refractivity contribution in [3.63, 3.8) is 0 Å². The van der Waals surface area contributed by atoms with Crippen molar-refractivity contribution in [3.8, 4) is 0 Å². The van der Waals surface area contributed by atoms with Crippen LogP contribution in [0.3, 0.4) is 0 Å². The lowest BCUT2D eigenvalue weighted by Gasteiger charge is -2.15. The Bertz CT molecular complexity index is 164. The maximum atomic E-state index is 5.21. The summed E-state index contributed by atoms with van der Waals surface area (Å²) in [5.41, 5.74) is 0. The van der Waals surface area contributed by atoms with Crippen LogP contribution in [0.15, 0.2) is 0 Å². The highest BCUT2D eigenvalue weighted by atomic mass is 16.5. The van der Waals surface area contributed by atoms with Gasteiger partial charge in [0.05, 0.1) is 6.61 Å². The average molecular weight is 228 g/mol. The van der Waals surface area contributed by atoms with Crippen LogP contribution in [0.4, 0.5) is 0 Å². The lowest BCUT2D eigenvalue weighted by atomic mass is 10.1. The second kappa shape index (κ2) is 8.97. The summed E-state index contributed by atoms with van der Waals surface area (Å²) >= 11 is 0. The molecule has 0 spiro atoms. The van der Waals surface area contributed by atoms with Gasteiger partial charge in [-0.1, -0.05) is 13.3 Å². The molecule has 1 aliphatic heterocycles. The highest BCUT2D eigenvalue weighted by Gasteiger charge is 2.21. The number of likely N-dealkylation sites (tertiary alicyclic amines) is 1. The number of nitrogens with one attached hydrogen (secondary N) is 1. The van der Waals surface area contributed by atoms with Crippen molar-refractivity contribution >= 4 is 0 Å². The van der Waals surface area contributed by atoms with Gasteiger partial charge in [-0.2, -0.15) is 0 Å². The van der Waals surface area contributed by atoms with Crippen LogP contribution in [0.5, 0.6) is 0 Å². The number of rotatable bonds is 9. The predicted molar refractivity (Wildman–Crippen MR) is 68.8 cm³/mol. The van der Waals surface area contributed by atoms with E-state index < -0.39 is 0 Å². The molecular weight excluding hydrogens is 200 g/mol. The topological polar surface area (TPSA) is 24.5 Å². The van der Waals surface area contributed by atoms with E-state index in [1.807, 2.05) is 7.11 Å². The Labute approximate surface area is 101 Å². The molecule has 1 fully saturated rings. The van der Waals surface area contributed by atoms with Crippen molar-refractivity contribution in [3.05, 3.63) is 0 Å². The number of ether oxygens (including phenoxy) is 1. The van der Waals surface area contributed by atoms with Gasteiger partial charge in [-0.25, -0.2) is 0 Å². The lowest BCUT2D eigenvalue weighted by Crippen LogP contribution is -2.23. The minimum Gasteiger partial charge on any atom is -0.384 e. The molecule has 0 aromatic carbocycles. The molecule has 0 bridgehead atoms. The number of hydrogen-bond acceptors (Lipinski definition) is 3. The maximum absolute atomic E-state index is 5.21. The van der Waals surface area contributed by atoms with Gasteiger partial charge in [-0.15, -0.1) is 0 Å². The zero-order valence-electron chi connectivity index (χ0n) is 11.0. The zero-order chi connectivity index (χ0) is 11.6. The number of hydrogen-bond donors (Lipinski definition) is 1. The Morgan fingerprint density at radius 3 is 2.94 bits per heavy atom. The molecular formula is C13H28N2O. The second-order valence-corrected chi connectivity index (χ2v) is 4.82. The molecule has 1 N–H and O–H groups in total. The van der Waals surface area contributed by atoms with E-state index in [2.05, 4.69) is 17.1 Å². The van der Waals surface area contributed by atoms with Gasteiger partial charge < -0.3 is 15.0 Å². The molecule has 0 aliphatic carbocycles. The first-order chi connectivity index (χ1) is 7.86. The average Bonchev–Trinajstić information content (AvgIpc) is 2.72. The Kier molecular flexibility index (Phi) is 7.81. The molecule has 1 aliphatic rings. The lowest BCUT2D eigenvalue weighted by molar-refractivity contribution is 0.153. The highest BCUT2D eigenvalue weighted by molar-refractivity contribution is 4.74. The SMILES string of the molecule is CCNCCCCCN1CCC(COC)C1. The van der Waals surface area contributed by atoms with E-state index in [9.17, 15) is 0 Å². The number of nitrogens with zero attached hydrogens (tertiary/aromatic N) is 1. The summed E-state index contributed by atoms with van der Waals surface area (Å²) in [6.07, 6.45) is 5.36. The molecule has 1 unspecified atom stereocenters. The summed E-state index contributed by atoms with van der Waals surface area (Å²) in [4.78, 5) is 2.59. The van der Waals surface area contributed by atoms with Crippen molar-refractivity contribution in [1.82, 2.24) is 10.2 Å². The zero-order valence-corrected chi connectivity index (χ0v) is 11.0. The molecule has 0 aromatic rings. The molecule has 0 amide bonds. The minimum absolute atomic E-state index is 0.784. The molecule has 3 nitrogen and oxygen atoms in total. The maximum Gasteiger partial charge on any atom is 0.0503 e. The summed E-state index contributed by atoms with van der Waals surface area (Å²) in [5.74, 6) is 0.784. The number of unbranched alkanes of at least 4 members (excludes halogenated alkanes) is 2. The van der Waals surface area contributed by atoms with E-state index >= 15 is 0 Å². The van der Waals surface area contributed by atoms with Crippen LogP contribution < -0.4 is 5.32 Å². The van der Waals surface area contributed by atoms with E-state index in [0.29, 0.717) is 0 Å². The fourth-order valence-corrected chi connectivity index (χ4v) is 2.43. The van der Waals surface area contributed by atoms with E-state index in [0.717, 1.165) is 19.1 Å². The van der Waals surface area contributed by atoms with E-state index in [4.69, 9.17) is 4.74 Å². The molecule has 0 saturated carbocycles. The molecule has 16 heavy (non-hydrogen) atoms. The molecule has 1 atom stereocenters. The molecule has 1 heterocycles. The predicted octanol–water partition coefficient (Wildman–Crippen LogP) is 1.73. The second-order valence-electron chi connectivity index (χ2n) is 4.82. The molecule has 0 aromatic heterocycles. The van der Waals surface area contributed by atoms with Crippen molar-refractivity contribution in [1.29, 1.82) is 0 Å². The summed E-state index contributed by atoms with van der Waals surface area (Å²) in [6.45, 7) is 9.21. The Morgan fingerprint density at radius 2 is 2.19 bits per heavy atom. The standard InChI is InChI=1S/C13H28N2O/c1-3-14-8-5-4-6-9-15-10-7-13(11-15)12-16-2/h13-14H,3-12H2,1-2H3. The normalized spacial score (nSPS) is 21.8. The summed E-state index contributed by atoms with van der Waals surface area (Å²) in [5, 5.41) is 3.37. The largest absolute Gasteiger partial charge is 0.384 e. The van der Waals surface area contributed by atoms with Crippen molar-refractivity contribution in [2.45, 2.75) is 32.6 Å². The third-order valence-corrected chi connectivity index (χ3v) is 3.35. The molecule has 96 valence electrons. The van der Waals surface area contributed by atoms with E-state index in [1.54, 1.807) is 0 Å². The smallest absolute Gasteiger partial charge is 0.0503 e. The Morgan fingerprint density at radius 1 is 1.31 bits per heavy atom. The van der Waals surface area contributed by atoms with Gasteiger partial charge in [0, 0.05) is 13.7 Å². The first kappa shape index (κ1) is 13.9. The summed E-state index contributed by atoms with van der Waals surface area (Å²) in [7, 11) is 1.81. The van der Waals surface area contributed by atoms with Crippen molar-refractivity contribution in [2.24, 2.45) is 5.92 Å². The van der Waals surface area contributed by atoms with Gasteiger partial charge in [-0.3, -0.25) is 0 Å². The third-order valence-electron chi connectivity index (χ3n) is 3.35. The molecule has 1 rings (SSSR count). The van der Waals surface area contributed by atoms with Crippen LogP contribution in [0.1, 0.15) is 32.6 Å². The van der Waals surface area contributed by atoms with Gasteiger partial charge in [0.15, 0.2) is 0 Å². The highest BCUT2D eigenvalue weighted by Crippen LogP contribution is 2.16. The first-order valence-corrected chi connectivity index (χ1v) is 6.78. The third kappa shape index (κ3) is 5.83. The van der Waals surface area contributed by atoms with Gasteiger partial charge >= 0.3 is 0 Å². The molecule has 1 saturated heterocycles. The summed E-state index contributed by atoms with van der Waals surface area (Å²) in [6, 6.07) is 0. The van der Waals surface area contributed by atoms with Crippen LogP contribution in [0, 0.1) is 5.92 Å². The van der Waals surface area contributed by atoms with Crippen LogP contribution in [-0.4, -0.2) is 51.3 Å². The van der Waals surface area contributed by atoms with Crippen molar-refractivity contribution in [2.75, 3.05) is 46.4 Å². The Hall–Kier alpha value is -0.120. The van der Waals surface area contributed by atoms with E-state index in [-0.39, 0.29) is 0 Å². The number of methoxy groups -OCH3 is 1. The van der Waals surface area contributed by atoms with E-state index in [1.165, 1.54) is 51.9 Å². The monoisotopic (exact) mass is 228 g/mol. The molecule has 0 radical (unpaired) electrons. The van der Waals surface area contributed by atoms with Crippen LogP contribution in [0.2, 0.25) is 0 Å². The fourth-order valence-electron chi connectivity index (χ4n) is 2.43. The van der Waals surface area contributed by atoms with Crippen molar-refractivity contribution < 1.29 is 4.74 Å². The van der Waals surface area contributed by atoms with Gasteiger partial charge in [-0.05, 0) is 51.4 Å². The van der Waals surface area contributed by atoms with Crippen LogP contribution in [-0.2, 0) is 4.74 Å². The molecule has 3 heteroatoms. The Balaban J connectivity index is 1.90. The quantitative estimate of drug-likeness (QED) is 0.608. The fraction of sp³-hybridized carbons (Fsp3) is 1.00. The minimum atomic E-state index is 0.784. The first-order valence-electron chi connectivity index (χ1n) is 6.78. The summed E-state index contributed by atoms with van der Waals surface area (Å²) < 4.78 is 5.21. The van der Waals surface area contributed by atoms with Gasteiger partial charge in [0.2, 0.25) is 0 Å².